The number of hydrogen-bond acceptors (Lipinski definition) is 16. The minimum atomic E-state index is -4.64. The van der Waals surface area contributed by atoms with Crippen LogP contribution < -0.4 is 0 Å². The lowest BCUT2D eigenvalue weighted by Gasteiger charge is -2.50. The van der Waals surface area contributed by atoms with Crippen LogP contribution in [0.25, 0.3) is 0 Å². The van der Waals surface area contributed by atoms with E-state index in [0.29, 0.717) is 12.8 Å². The molecule has 0 saturated carbocycles. The molecule has 342 valence electrons. The van der Waals surface area contributed by atoms with Gasteiger partial charge in [-0.25, -0.2) is 4.57 Å². The van der Waals surface area contributed by atoms with Gasteiger partial charge in [0.05, 0.1) is 43.0 Å². The van der Waals surface area contributed by atoms with Crippen LogP contribution in [-0.4, -0.2) is 165 Å². The molecule has 7 N–H and O–H groups in total. The van der Waals surface area contributed by atoms with Crippen LogP contribution in [0.2, 0.25) is 0 Å². The SMILES string of the molecule is CCCC(=O)O[C@]1(C)C[C@H](O[C@H]2[C@H](N(C)C)[C@@H](O)C(O[C@H]3[C@@H](CC=O)C[C@@H](C)[C@@H](O)/C=C/C=C/C[C@@H](C)OC(=O)C[C@@H](O)[C@@H]3OC)O[C@@H]2C)O[C@@H](C)[C@@H]1O.O=P(O)(O)O. The lowest BCUT2D eigenvalue weighted by Crippen LogP contribution is -2.66. The zero-order chi connectivity index (χ0) is 44.8. The maximum atomic E-state index is 12.9. The molecule has 0 amide bonds. The molecule has 16 atom stereocenters. The number of esters is 2. The van der Waals surface area contributed by atoms with Crippen LogP contribution in [-0.2, 0) is 52.1 Å². The van der Waals surface area contributed by atoms with Crippen molar-refractivity contribution in [2.45, 2.75) is 172 Å². The molecule has 2 saturated heterocycles. The quantitative estimate of drug-likeness (QED) is 0.0875. The Morgan fingerprint density at radius 1 is 1.00 bits per heavy atom. The number of nitrogens with zero attached hydrogens (tertiary/aromatic N) is 1. The Hall–Kier alpha value is -2.20. The van der Waals surface area contributed by atoms with Crippen molar-refractivity contribution in [1.29, 1.82) is 0 Å². The van der Waals surface area contributed by atoms with Crippen LogP contribution in [0.1, 0.15) is 86.5 Å². The van der Waals surface area contributed by atoms with E-state index in [2.05, 4.69) is 0 Å². The molecule has 0 bridgehead atoms. The summed E-state index contributed by atoms with van der Waals surface area (Å²) in [6.45, 7) is 10.5. The Morgan fingerprint density at radius 2 is 1.64 bits per heavy atom. The number of aliphatic hydroxyl groups excluding tert-OH is 4. The van der Waals surface area contributed by atoms with Gasteiger partial charge < -0.3 is 78.0 Å². The molecule has 3 rings (SSSR count). The molecule has 0 aromatic rings. The van der Waals surface area contributed by atoms with Crippen molar-refractivity contribution >= 4 is 26.0 Å². The molecule has 0 aromatic carbocycles. The van der Waals surface area contributed by atoms with Crippen LogP contribution in [0.4, 0.5) is 0 Å². The highest BCUT2D eigenvalue weighted by molar-refractivity contribution is 7.45. The van der Waals surface area contributed by atoms with Crippen molar-refractivity contribution in [2.24, 2.45) is 11.8 Å². The molecule has 2 fully saturated rings. The maximum Gasteiger partial charge on any atom is 0.466 e. The first-order chi connectivity index (χ1) is 27.5. The molecular formula is C39H68NO18P. The highest BCUT2D eigenvalue weighted by Gasteiger charge is 2.53. The molecule has 0 radical (unpaired) electrons. The zero-order valence-corrected chi connectivity index (χ0v) is 36.4. The Bertz CT molecular complexity index is 1400. The highest BCUT2D eigenvalue weighted by atomic mass is 31.2. The summed E-state index contributed by atoms with van der Waals surface area (Å²) < 4.78 is 51.3. The van der Waals surface area contributed by atoms with Gasteiger partial charge in [-0.2, -0.15) is 0 Å². The Kier molecular flexibility index (Phi) is 21.9. The van der Waals surface area contributed by atoms with E-state index in [0.717, 1.165) is 6.29 Å². The first-order valence-electron chi connectivity index (χ1n) is 20.0. The van der Waals surface area contributed by atoms with E-state index in [-0.39, 0.29) is 31.6 Å². The second-order valence-corrected chi connectivity index (χ2v) is 17.0. The van der Waals surface area contributed by atoms with Crippen molar-refractivity contribution in [3.63, 3.8) is 0 Å². The molecule has 0 aromatic heterocycles. The standard InChI is InChI=1S/C39H65NO14.H3O4P/c1-10-14-29(44)54-39(6)21-31(50-25(5)37(39)47)52-34-24(4)51-38(33(46)32(34)40(7)8)53-35-26(17-18-41)19-22(2)27(42)16-13-11-12-15-23(3)49-30(45)20-28(43)36(35)48-9;1-5(2,3)4/h11-13,16,18,22-28,31-38,42-43,46-47H,10,14-15,17,19-21H2,1-9H3;(H3,1,2,3,4)/b12-11+,16-13+;/t22-,23-,24-,25+,26+,27+,28-,31+,32-,33-,34-,35+,36+,37+,38?,39-;/m1./s1. The molecule has 1 unspecified atom stereocenters. The fourth-order valence-electron chi connectivity index (χ4n) is 7.64. The van der Waals surface area contributed by atoms with Crippen LogP contribution in [0.3, 0.4) is 0 Å². The van der Waals surface area contributed by atoms with E-state index in [1.807, 2.05) is 19.9 Å². The number of likely N-dealkylation sites (N-methyl/N-ethyl adjacent to an activating group) is 1. The Labute approximate surface area is 346 Å². The van der Waals surface area contributed by atoms with Crippen LogP contribution in [0.15, 0.2) is 24.3 Å². The lowest BCUT2D eigenvalue weighted by atomic mass is 9.82. The largest absolute Gasteiger partial charge is 0.466 e. The molecule has 3 aliphatic rings. The fraction of sp³-hybridized carbons (Fsp3) is 0.821. The highest BCUT2D eigenvalue weighted by Crippen LogP contribution is 2.38. The van der Waals surface area contributed by atoms with Gasteiger partial charge in [0, 0.05) is 32.8 Å². The summed E-state index contributed by atoms with van der Waals surface area (Å²) in [5.41, 5.74) is -1.29. The number of hydrogen-bond donors (Lipinski definition) is 7. The van der Waals surface area contributed by atoms with Gasteiger partial charge in [0.1, 0.15) is 42.4 Å². The monoisotopic (exact) mass is 869 g/mol. The molecule has 0 spiro atoms. The third kappa shape index (κ3) is 16.9. The number of phosphoric acid groups is 1. The lowest BCUT2D eigenvalue weighted by molar-refractivity contribution is -0.344. The van der Waals surface area contributed by atoms with E-state index in [1.165, 1.54) is 7.11 Å². The number of cyclic esters (lactones) is 1. The minimum absolute atomic E-state index is 0.0208. The number of carbonyl (C=O) groups excluding carboxylic acids is 3. The molecule has 20 heteroatoms. The van der Waals surface area contributed by atoms with Crippen molar-refractivity contribution in [3.05, 3.63) is 24.3 Å². The minimum Gasteiger partial charge on any atom is -0.462 e. The van der Waals surface area contributed by atoms with Gasteiger partial charge in [-0.15, -0.1) is 0 Å². The third-order valence-electron chi connectivity index (χ3n) is 10.6. The van der Waals surface area contributed by atoms with Gasteiger partial charge in [0.2, 0.25) is 0 Å². The van der Waals surface area contributed by atoms with Gasteiger partial charge in [0.25, 0.3) is 0 Å². The number of allylic oxidation sites excluding steroid dienone is 2. The predicted molar refractivity (Wildman–Crippen MR) is 210 cm³/mol. The summed E-state index contributed by atoms with van der Waals surface area (Å²) in [6, 6.07) is -0.754. The average Bonchev–Trinajstić information content (AvgIpc) is 3.10. The fourth-order valence-corrected chi connectivity index (χ4v) is 7.64. The van der Waals surface area contributed by atoms with E-state index in [1.54, 1.807) is 64.9 Å². The van der Waals surface area contributed by atoms with Crippen molar-refractivity contribution in [2.75, 3.05) is 21.2 Å². The summed E-state index contributed by atoms with van der Waals surface area (Å²) in [7, 11) is 0.223. The van der Waals surface area contributed by atoms with Gasteiger partial charge in [0.15, 0.2) is 12.6 Å². The van der Waals surface area contributed by atoms with Gasteiger partial charge >= 0.3 is 19.8 Å². The van der Waals surface area contributed by atoms with Crippen LogP contribution in [0, 0.1) is 11.8 Å². The third-order valence-corrected chi connectivity index (χ3v) is 10.6. The molecule has 59 heavy (non-hydrogen) atoms. The maximum absolute atomic E-state index is 12.9. The predicted octanol–water partition coefficient (Wildman–Crippen LogP) is 1.27. The van der Waals surface area contributed by atoms with E-state index in [4.69, 9.17) is 52.4 Å². The van der Waals surface area contributed by atoms with Gasteiger partial charge in [-0.1, -0.05) is 38.2 Å². The molecule has 0 aliphatic carbocycles. The molecule has 3 aliphatic heterocycles. The number of ether oxygens (including phenoxy) is 7. The normalized spacial score (nSPS) is 40.2. The van der Waals surface area contributed by atoms with Gasteiger partial charge in [-0.3, -0.25) is 9.59 Å². The number of aliphatic hydroxyl groups is 4. The number of rotatable bonds is 11. The Balaban J connectivity index is 0.00000225. The Morgan fingerprint density at radius 3 is 2.22 bits per heavy atom. The summed E-state index contributed by atoms with van der Waals surface area (Å²) in [6.07, 6.45) is -3.50. The second-order valence-electron chi connectivity index (χ2n) is 16.0. The first-order valence-corrected chi connectivity index (χ1v) is 21.5. The summed E-state index contributed by atoms with van der Waals surface area (Å²) in [5, 5.41) is 45.3. The number of aldehydes is 1. The van der Waals surface area contributed by atoms with Crippen molar-refractivity contribution < 1.29 is 87.2 Å². The average molecular weight is 870 g/mol. The van der Waals surface area contributed by atoms with Crippen molar-refractivity contribution in [1.82, 2.24) is 4.90 Å². The summed E-state index contributed by atoms with van der Waals surface area (Å²) in [5.74, 6) is -2.12. The first kappa shape index (κ1) is 52.9. The van der Waals surface area contributed by atoms with Gasteiger partial charge in [-0.05, 0) is 66.5 Å². The van der Waals surface area contributed by atoms with Crippen molar-refractivity contribution in [3.8, 4) is 0 Å². The second kappa shape index (κ2) is 24.4. The van der Waals surface area contributed by atoms with E-state index in [9.17, 15) is 34.8 Å². The summed E-state index contributed by atoms with van der Waals surface area (Å²) >= 11 is 0. The molecule has 3 heterocycles. The molecule has 19 nitrogen and oxygen atoms in total. The van der Waals surface area contributed by atoms with E-state index >= 15 is 0 Å². The number of methoxy groups -OCH3 is 1. The number of carbonyl (C=O) groups is 3. The van der Waals surface area contributed by atoms with Crippen LogP contribution in [0.5, 0.6) is 0 Å². The smallest absolute Gasteiger partial charge is 0.462 e. The summed E-state index contributed by atoms with van der Waals surface area (Å²) in [4.78, 5) is 60.8. The zero-order valence-electron chi connectivity index (χ0n) is 35.5. The van der Waals surface area contributed by atoms with Crippen LogP contribution >= 0.6 is 7.82 Å². The van der Waals surface area contributed by atoms with E-state index < -0.39 is 117 Å². The topological polar surface area (TPSA) is 278 Å². The molecular weight excluding hydrogens is 801 g/mol.